The SMILES string of the molecule is CC(O)C(C)(C)Nc1ccc2ncccc2c1[N+](=O)[O-]. The molecule has 2 N–H and O–H groups in total. The Balaban J connectivity index is 2.59. The van der Waals surface area contributed by atoms with Crippen molar-refractivity contribution in [2.24, 2.45) is 0 Å². The van der Waals surface area contributed by atoms with E-state index < -0.39 is 16.6 Å². The zero-order chi connectivity index (χ0) is 14.9. The van der Waals surface area contributed by atoms with Crippen LogP contribution in [0.2, 0.25) is 0 Å². The number of nitrogens with one attached hydrogen (secondary N) is 1. The van der Waals surface area contributed by atoms with Gasteiger partial charge in [0.2, 0.25) is 0 Å². The van der Waals surface area contributed by atoms with Crippen molar-refractivity contribution in [1.29, 1.82) is 0 Å². The summed E-state index contributed by atoms with van der Waals surface area (Å²) in [5, 5.41) is 24.6. The number of nitro groups is 1. The Morgan fingerprint density at radius 1 is 1.40 bits per heavy atom. The summed E-state index contributed by atoms with van der Waals surface area (Å²) in [5.41, 5.74) is 0.242. The van der Waals surface area contributed by atoms with Crippen LogP contribution in [0.15, 0.2) is 30.5 Å². The van der Waals surface area contributed by atoms with Crippen molar-refractivity contribution >= 4 is 22.3 Å². The summed E-state index contributed by atoms with van der Waals surface area (Å²) < 4.78 is 0. The molecule has 1 unspecified atom stereocenters. The van der Waals surface area contributed by atoms with Crippen molar-refractivity contribution in [2.45, 2.75) is 32.4 Å². The van der Waals surface area contributed by atoms with Gasteiger partial charge < -0.3 is 10.4 Å². The second-order valence-electron chi connectivity index (χ2n) is 5.31. The fourth-order valence-electron chi connectivity index (χ4n) is 1.89. The van der Waals surface area contributed by atoms with Crippen LogP contribution in [0.4, 0.5) is 11.4 Å². The molecule has 0 spiro atoms. The molecule has 0 radical (unpaired) electrons. The van der Waals surface area contributed by atoms with Gasteiger partial charge in [-0.25, -0.2) is 0 Å². The third kappa shape index (κ3) is 2.55. The van der Waals surface area contributed by atoms with E-state index in [1.165, 1.54) is 0 Å². The molecule has 2 aromatic rings. The molecule has 0 saturated heterocycles. The predicted octanol–water partition coefficient (Wildman–Crippen LogP) is 2.71. The first kappa shape index (κ1) is 14.2. The lowest BCUT2D eigenvalue weighted by molar-refractivity contribution is -0.382. The van der Waals surface area contributed by atoms with Crippen LogP contribution >= 0.6 is 0 Å². The van der Waals surface area contributed by atoms with Crippen LogP contribution in [0.3, 0.4) is 0 Å². The Morgan fingerprint density at radius 2 is 2.10 bits per heavy atom. The highest BCUT2D eigenvalue weighted by Crippen LogP contribution is 2.34. The van der Waals surface area contributed by atoms with Gasteiger partial charge in [0.1, 0.15) is 5.69 Å². The predicted molar refractivity (Wildman–Crippen MR) is 77.8 cm³/mol. The number of benzene rings is 1. The second-order valence-corrected chi connectivity index (χ2v) is 5.31. The van der Waals surface area contributed by atoms with E-state index in [1.54, 1.807) is 51.2 Å². The van der Waals surface area contributed by atoms with Crippen molar-refractivity contribution in [1.82, 2.24) is 4.98 Å². The highest BCUT2D eigenvalue weighted by molar-refractivity contribution is 5.94. The highest BCUT2D eigenvalue weighted by atomic mass is 16.6. The summed E-state index contributed by atoms with van der Waals surface area (Å²) >= 11 is 0. The van der Waals surface area contributed by atoms with Crippen molar-refractivity contribution in [3.63, 3.8) is 0 Å². The molecule has 106 valence electrons. The number of pyridine rings is 1. The number of rotatable bonds is 4. The maximum absolute atomic E-state index is 11.4. The summed E-state index contributed by atoms with van der Waals surface area (Å²) in [6, 6.07) is 6.68. The molecule has 0 aliphatic heterocycles. The van der Waals surface area contributed by atoms with Gasteiger partial charge in [0, 0.05) is 6.20 Å². The fraction of sp³-hybridized carbons (Fsp3) is 0.357. The van der Waals surface area contributed by atoms with Gasteiger partial charge in [-0.05, 0) is 45.0 Å². The van der Waals surface area contributed by atoms with Crippen LogP contribution in [0.1, 0.15) is 20.8 Å². The lowest BCUT2D eigenvalue weighted by atomic mass is 9.97. The minimum atomic E-state index is -0.680. The molecule has 0 aliphatic rings. The first-order valence-electron chi connectivity index (χ1n) is 6.31. The number of anilines is 1. The van der Waals surface area contributed by atoms with E-state index in [9.17, 15) is 15.2 Å². The number of nitrogens with zero attached hydrogens (tertiary/aromatic N) is 2. The van der Waals surface area contributed by atoms with Crippen molar-refractivity contribution in [3.8, 4) is 0 Å². The molecule has 0 fully saturated rings. The topological polar surface area (TPSA) is 88.3 Å². The summed E-state index contributed by atoms with van der Waals surface area (Å²) in [5.74, 6) is 0. The third-order valence-electron chi connectivity index (χ3n) is 3.44. The maximum Gasteiger partial charge on any atom is 0.301 e. The third-order valence-corrected chi connectivity index (χ3v) is 3.44. The lowest BCUT2D eigenvalue weighted by Gasteiger charge is -2.30. The number of aliphatic hydroxyl groups excluding tert-OH is 1. The van der Waals surface area contributed by atoms with Crippen molar-refractivity contribution in [2.75, 3.05) is 5.32 Å². The number of aliphatic hydroxyl groups is 1. The summed E-state index contributed by atoms with van der Waals surface area (Å²) in [6.07, 6.45) is 0.936. The van der Waals surface area contributed by atoms with Crippen LogP contribution in [0.25, 0.3) is 10.9 Å². The van der Waals surface area contributed by atoms with Gasteiger partial charge in [0.15, 0.2) is 0 Å². The minimum Gasteiger partial charge on any atom is -0.391 e. The smallest absolute Gasteiger partial charge is 0.301 e. The van der Waals surface area contributed by atoms with E-state index in [2.05, 4.69) is 10.3 Å². The van der Waals surface area contributed by atoms with E-state index in [1.807, 2.05) is 0 Å². The summed E-state index contributed by atoms with van der Waals surface area (Å²) in [7, 11) is 0. The number of hydrogen-bond acceptors (Lipinski definition) is 5. The summed E-state index contributed by atoms with van der Waals surface area (Å²) in [4.78, 5) is 15.1. The zero-order valence-electron chi connectivity index (χ0n) is 11.6. The molecule has 0 aliphatic carbocycles. The van der Waals surface area contributed by atoms with Crippen LogP contribution in [-0.4, -0.2) is 26.7 Å². The average molecular weight is 275 g/mol. The first-order chi connectivity index (χ1) is 9.33. The van der Waals surface area contributed by atoms with E-state index in [-0.39, 0.29) is 5.69 Å². The van der Waals surface area contributed by atoms with Gasteiger partial charge in [-0.1, -0.05) is 0 Å². The van der Waals surface area contributed by atoms with Crippen LogP contribution in [-0.2, 0) is 0 Å². The molecular weight excluding hydrogens is 258 g/mol. The standard InChI is InChI=1S/C14H17N3O3/c1-9(18)14(2,3)16-12-7-6-11-10(5-4-8-15-11)13(12)17(19)20/h4-9,16,18H,1-3H3. The van der Waals surface area contributed by atoms with E-state index in [0.29, 0.717) is 16.6 Å². The number of aromatic nitrogens is 1. The largest absolute Gasteiger partial charge is 0.391 e. The van der Waals surface area contributed by atoms with Crippen molar-refractivity contribution in [3.05, 3.63) is 40.6 Å². The molecule has 2 rings (SSSR count). The normalized spacial score (nSPS) is 13.2. The number of fused-ring (bicyclic) bond motifs is 1. The van der Waals surface area contributed by atoms with Gasteiger partial charge in [-0.15, -0.1) is 0 Å². The molecule has 6 nitrogen and oxygen atoms in total. The van der Waals surface area contributed by atoms with Gasteiger partial charge in [0.05, 0.1) is 27.5 Å². The molecular formula is C14H17N3O3. The van der Waals surface area contributed by atoms with Gasteiger partial charge >= 0.3 is 5.69 Å². The first-order valence-corrected chi connectivity index (χ1v) is 6.31. The van der Waals surface area contributed by atoms with E-state index in [0.717, 1.165) is 0 Å². The molecule has 1 atom stereocenters. The van der Waals surface area contributed by atoms with Gasteiger partial charge in [-0.3, -0.25) is 15.1 Å². The maximum atomic E-state index is 11.4. The van der Waals surface area contributed by atoms with Crippen molar-refractivity contribution < 1.29 is 10.0 Å². The van der Waals surface area contributed by atoms with Gasteiger partial charge in [-0.2, -0.15) is 0 Å². The Kier molecular flexibility index (Phi) is 3.59. The monoisotopic (exact) mass is 275 g/mol. The highest BCUT2D eigenvalue weighted by Gasteiger charge is 2.28. The number of hydrogen-bond donors (Lipinski definition) is 2. The Morgan fingerprint density at radius 3 is 2.70 bits per heavy atom. The zero-order valence-corrected chi connectivity index (χ0v) is 11.6. The molecule has 6 heteroatoms. The van der Waals surface area contributed by atoms with E-state index in [4.69, 9.17) is 0 Å². The molecule has 20 heavy (non-hydrogen) atoms. The molecule has 0 amide bonds. The second kappa shape index (κ2) is 5.05. The molecule has 0 bridgehead atoms. The van der Waals surface area contributed by atoms with Gasteiger partial charge in [0.25, 0.3) is 0 Å². The molecule has 1 heterocycles. The Bertz CT molecular complexity index is 653. The van der Waals surface area contributed by atoms with Crippen LogP contribution in [0, 0.1) is 10.1 Å². The number of nitro benzene ring substituents is 1. The molecule has 0 saturated carbocycles. The Labute approximate surface area is 116 Å². The quantitative estimate of drug-likeness (QED) is 0.661. The van der Waals surface area contributed by atoms with Crippen LogP contribution in [0.5, 0.6) is 0 Å². The lowest BCUT2D eigenvalue weighted by Crippen LogP contribution is -2.42. The fourth-order valence-corrected chi connectivity index (χ4v) is 1.89. The average Bonchev–Trinajstić information content (AvgIpc) is 2.37. The van der Waals surface area contributed by atoms with E-state index >= 15 is 0 Å². The summed E-state index contributed by atoms with van der Waals surface area (Å²) in [6.45, 7) is 5.21. The Hall–Kier alpha value is -2.21. The molecule has 1 aromatic carbocycles. The van der Waals surface area contributed by atoms with Crippen LogP contribution < -0.4 is 5.32 Å². The minimum absolute atomic E-state index is 0.0238. The molecule has 1 aromatic heterocycles.